The number of nitro benzene ring substituents is 1. The van der Waals surface area contributed by atoms with Crippen molar-refractivity contribution in [2.45, 2.75) is 75.4 Å². The molecule has 1 aromatic carbocycles. The van der Waals surface area contributed by atoms with Crippen LogP contribution in [0.2, 0.25) is 0 Å². The summed E-state index contributed by atoms with van der Waals surface area (Å²) in [5.74, 6) is -1.36. The number of amides is 1. The summed E-state index contributed by atoms with van der Waals surface area (Å²) in [4.78, 5) is 46.3. The number of aromatic nitrogens is 5. The van der Waals surface area contributed by atoms with Crippen molar-refractivity contribution < 1.29 is 44.4 Å². The van der Waals surface area contributed by atoms with Crippen LogP contribution in [0.25, 0.3) is 22.3 Å². The molecule has 1 amide bonds. The monoisotopic (exact) mass is 690 g/mol. The highest BCUT2D eigenvalue weighted by Gasteiger charge is 2.48. The number of ether oxygens (including phenoxy) is 2. The first-order valence-electron chi connectivity index (χ1n) is 15.8. The van der Waals surface area contributed by atoms with Crippen LogP contribution in [0.1, 0.15) is 43.7 Å². The van der Waals surface area contributed by atoms with Crippen LogP contribution in [0.15, 0.2) is 49.2 Å². The quantitative estimate of drug-likeness (QED) is 0.138. The summed E-state index contributed by atoms with van der Waals surface area (Å²) in [6.07, 6.45) is 1.54. The molecule has 0 radical (unpaired) electrons. The third kappa shape index (κ3) is 6.58. The van der Waals surface area contributed by atoms with Gasteiger partial charge in [-0.3, -0.25) is 19.4 Å². The van der Waals surface area contributed by atoms with Gasteiger partial charge in [0.25, 0.3) is 5.69 Å². The lowest BCUT2D eigenvalue weighted by Gasteiger charge is -2.38. The molecule has 50 heavy (non-hydrogen) atoms. The van der Waals surface area contributed by atoms with E-state index in [1.54, 1.807) is 12.3 Å². The standard InChI is InChI=1S/C32H34N8O10/c1-37(14-18-12-20(40(47)48)6-7-23(18)49-31-27(43)25(41)26(42)28(50-31)30(44)45)32(46)38-11-9-21-24(34-16-35-29(21)38)19-13-36-39(15-19)22(8-10-33)17-4-2-3-5-17/h6-7,9,11-13,15-17,22,25-28,31,41-43H,2-5,8,14H2,1H3,(H,44,45)/t22?,25-,26-,27+,28-,31+/m0/s1. The van der Waals surface area contributed by atoms with Gasteiger partial charge in [0.2, 0.25) is 6.29 Å². The Kier molecular flexibility index (Phi) is 9.74. The molecule has 1 saturated carbocycles. The SMILES string of the molecule is CN(Cc1cc([N+](=O)[O-])ccc1O[C@@H]1O[C@H](C(=O)O)[C@@H](O)[C@H](O)[C@H]1O)C(=O)n1ccc2c(-c3cnn(C(CC#N)C4CCCC4)c3)ncnc21. The Morgan fingerprint density at radius 1 is 1.18 bits per heavy atom. The van der Waals surface area contributed by atoms with Gasteiger partial charge in [-0.25, -0.2) is 19.6 Å². The molecule has 4 N–H and O–H groups in total. The number of non-ortho nitro benzene ring substituents is 1. The molecule has 262 valence electrons. The fourth-order valence-corrected chi connectivity index (χ4v) is 6.59. The number of carbonyl (C=O) groups is 2. The summed E-state index contributed by atoms with van der Waals surface area (Å²) in [5.41, 5.74) is 1.25. The molecule has 4 heterocycles. The molecule has 2 fully saturated rings. The molecular weight excluding hydrogens is 656 g/mol. The van der Waals surface area contributed by atoms with Gasteiger partial charge in [-0.2, -0.15) is 10.4 Å². The van der Waals surface area contributed by atoms with Crippen LogP contribution in [-0.2, 0) is 16.1 Å². The van der Waals surface area contributed by atoms with Crippen molar-refractivity contribution in [2.24, 2.45) is 5.92 Å². The number of fused-ring (bicyclic) bond motifs is 1. The van der Waals surface area contributed by atoms with Crippen LogP contribution in [0, 0.1) is 27.4 Å². The van der Waals surface area contributed by atoms with Crippen molar-refractivity contribution in [1.29, 1.82) is 5.26 Å². The number of carboxylic acid groups (broad SMARTS) is 1. The van der Waals surface area contributed by atoms with Gasteiger partial charge >= 0.3 is 12.0 Å². The van der Waals surface area contributed by atoms with Crippen LogP contribution < -0.4 is 4.74 Å². The molecule has 2 aliphatic rings. The molecule has 1 saturated heterocycles. The number of aliphatic carboxylic acids is 1. The summed E-state index contributed by atoms with van der Waals surface area (Å²) in [5, 5.41) is 66.2. The molecule has 3 aromatic heterocycles. The molecule has 4 aromatic rings. The molecule has 0 spiro atoms. The number of nitriles is 1. The number of carbonyl (C=O) groups excluding carboxylic acids is 1. The van der Waals surface area contributed by atoms with Gasteiger partial charge in [-0.15, -0.1) is 0 Å². The van der Waals surface area contributed by atoms with E-state index in [1.807, 2.05) is 10.9 Å². The summed E-state index contributed by atoms with van der Waals surface area (Å²) in [7, 11) is 1.44. The fraction of sp³-hybridized carbons (Fsp3) is 0.438. The van der Waals surface area contributed by atoms with Gasteiger partial charge in [-0.05, 0) is 30.9 Å². The number of rotatable bonds is 10. The molecule has 6 rings (SSSR count). The maximum Gasteiger partial charge on any atom is 0.335 e. The third-order valence-corrected chi connectivity index (χ3v) is 9.19. The number of nitrogens with zero attached hydrogens (tertiary/aromatic N) is 8. The second-order valence-corrected chi connectivity index (χ2v) is 12.4. The molecular formula is C32H34N8O10. The summed E-state index contributed by atoms with van der Waals surface area (Å²) >= 11 is 0. The first kappa shape index (κ1) is 34.4. The Morgan fingerprint density at radius 3 is 2.64 bits per heavy atom. The Hall–Kier alpha value is -5.48. The zero-order valence-corrected chi connectivity index (χ0v) is 26.7. The lowest BCUT2D eigenvalue weighted by atomic mass is 9.96. The number of hydrogen-bond acceptors (Lipinski definition) is 13. The van der Waals surface area contributed by atoms with Gasteiger partial charge in [0.1, 0.15) is 30.4 Å². The van der Waals surface area contributed by atoms with E-state index in [4.69, 9.17) is 9.47 Å². The van der Waals surface area contributed by atoms with Gasteiger partial charge in [0, 0.05) is 48.1 Å². The highest BCUT2D eigenvalue weighted by Crippen LogP contribution is 2.37. The van der Waals surface area contributed by atoms with Crippen molar-refractivity contribution in [3.8, 4) is 23.1 Å². The smallest absolute Gasteiger partial charge is 0.335 e. The van der Waals surface area contributed by atoms with E-state index in [0.717, 1.165) is 37.8 Å². The zero-order chi connectivity index (χ0) is 35.7. The lowest BCUT2D eigenvalue weighted by molar-refractivity contribution is -0.385. The third-order valence-electron chi connectivity index (χ3n) is 9.19. The van der Waals surface area contributed by atoms with Crippen LogP contribution in [0.5, 0.6) is 5.75 Å². The molecule has 6 atom stereocenters. The topological polar surface area (TPSA) is 252 Å². The van der Waals surface area contributed by atoms with E-state index in [9.17, 15) is 45.4 Å². The molecule has 0 bridgehead atoms. The highest BCUT2D eigenvalue weighted by molar-refractivity contribution is 5.96. The average Bonchev–Trinajstić information content (AvgIpc) is 3.89. The van der Waals surface area contributed by atoms with Crippen molar-refractivity contribution >= 4 is 28.7 Å². The molecule has 18 nitrogen and oxygen atoms in total. The molecule has 1 aliphatic carbocycles. The predicted octanol–water partition coefficient (Wildman–Crippen LogP) is 2.22. The van der Waals surface area contributed by atoms with Crippen molar-refractivity contribution in [3.05, 3.63) is 64.9 Å². The van der Waals surface area contributed by atoms with Gasteiger partial charge in [0.15, 0.2) is 11.8 Å². The number of aliphatic hydroxyl groups is 3. The molecule has 1 unspecified atom stereocenters. The van der Waals surface area contributed by atoms with E-state index in [-0.39, 0.29) is 35.2 Å². The Bertz CT molecular complexity index is 1950. The number of carboxylic acids is 1. The number of hydrogen-bond donors (Lipinski definition) is 4. The van der Waals surface area contributed by atoms with Crippen LogP contribution in [0.3, 0.4) is 0 Å². The first-order valence-corrected chi connectivity index (χ1v) is 15.8. The minimum absolute atomic E-state index is 0.0562. The van der Waals surface area contributed by atoms with Crippen LogP contribution >= 0.6 is 0 Å². The summed E-state index contributed by atoms with van der Waals surface area (Å²) in [6, 6.07) is 6.76. The largest absolute Gasteiger partial charge is 0.479 e. The summed E-state index contributed by atoms with van der Waals surface area (Å²) < 4.78 is 14.0. The normalized spacial score (nSPS) is 23.0. The highest BCUT2D eigenvalue weighted by atomic mass is 16.7. The predicted molar refractivity (Wildman–Crippen MR) is 170 cm³/mol. The maximum atomic E-state index is 13.8. The number of aliphatic hydroxyl groups excluding tert-OH is 3. The molecule has 1 aliphatic heterocycles. The number of nitro groups is 1. The van der Waals surface area contributed by atoms with Crippen molar-refractivity contribution in [2.75, 3.05) is 7.05 Å². The first-order chi connectivity index (χ1) is 24.0. The Labute approximate surface area is 283 Å². The Balaban J connectivity index is 1.25. The average molecular weight is 691 g/mol. The van der Waals surface area contributed by atoms with Gasteiger partial charge < -0.3 is 34.8 Å². The van der Waals surface area contributed by atoms with Gasteiger partial charge in [0.05, 0.1) is 41.9 Å². The lowest BCUT2D eigenvalue weighted by Crippen LogP contribution is -2.61. The second-order valence-electron chi connectivity index (χ2n) is 12.4. The Morgan fingerprint density at radius 2 is 1.94 bits per heavy atom. The van der Waals surface area contributed by atoms with Gasteiger partial charge in [-0.1, -0.05) is 12.8 Å². The maximum absolute atomic E-state index is 13.8. The van der Waals surface area contributed by atoms with Crippen molar-refractivity contribution in [3.63, 3.8) is 0 Å². The minimum Gasteiger partial charge on any atom is -0.479 e. The van der Waals surface area contributed by atoms with Crippen LogP contribution in [-0.4, -0.2) is 104 Å². The summed E-state index contributed by atoms with van der Waals surface area (Å²) in [6.45, 7) is -0.266. The van der Waals surface area contributed by atoms with Crippen molar-refractivity contribution in [1.82, 2.24) is 29.2 Å². The second kappa shape index (κ2) is 14.2. The number of benzene rings is 1. The molecule has 18 heteroatoms. The fourth-order valence-electron chi connectivity index (χ4n) is 6.59. The minimum atomic E-state index is -1.95. The van der Waals surface area contributed by atoms with Crippen LogP contribution in [0.4, 0.5) is 10.5 Å². The van der Waals surface area contributed by atoms with E-state index < -0.39 is 47.6 Å². The zero-order valence-electron chi connectivity index (χ0n) is 26.7. The van der Waals surface area contributed by atoms with E-state index in [1.165, 1.54) is 35.1 Å². The van der Waals surface area contributed by atoms with E-state index in [0.29, 0.717) is 29.0 Å². The van der Waals surface area contributed by atoms with E-state index >= 15 is 0 Å². The van der Waals surface area contributed by atoms with E-state index in [2.05, 4.69) is 21.1 Å².